The topological polar surface area (TPSA) is 85.5 Å². The van der Waals surface area contributed by atoms with Gasteiger partial charge < -0.3 is 14.5 Å². The molecule has 2 heterocycles. The van der Waals surface area contributed by atoms with Gasteiger partial charge in [-0.2, -0.15) is 0 Å². The van der Waals surface area contributed by atoms with Gasteiger partial charge in [-0.25, -0.2) is 9.59 Å². The van der Waals surface area contributed by atoms with E-state index in [4.69, 9.17) is 4.74 Å². The number of nitrogens with one attached hydrogen (secondary N) is 1. The van der Waals surface area contributed by atoms with Gasteiger partial charge in [-0.1, -0.05) is 0 Å². The summed E-state index contributed by atoms with van der Waals surface area (Å²) in [7, 11) is 1.13. The summed E-state index contributed by atoms with van der Waals surface area (Å²) in [5.74, 6) is -3.00. The van der Waals surface area contributed by atoms with Crippen molar-refractivity contribution in [2.45, 2.75) is 0 Å². The smallest absolute Gasteiger partial charge is 0.385 e. The zero-order chi connectivity index (χ0) is 11.7. The largest absolute Gasteiger partial charge is 0.465 e. The molecular weight excluding hydrogens is 214 g/mol. The summed E-state index contributed by atoms with van der Waals surface area (Å²) >= 11 is 0. The van der Waals surface area contributed by atoms with E-state index < -0.39 is 17.7 Å². The molecule has 0 aliphatic carbocycles. The maximum absolute atomic E-state index is 11.4. The molecule has 0 saturated carbocycles. The zero-order valence-electron chi connectivity index (χ0n) is 8.27. The maximum atomic E-state index is 11.4. The number of hydrogen-bond donors (Lipinski definition) is 1. The molecule has 0 fully saturated rings. The third-order valence-electron chi connectivity index (χ3n) is 2.08. The molecule has 0 spiro atoms. The van der Waals surface area contributed by atoms with E-state index in [9.17, 15) is 14.4 Å². The summed E-state index contributed by atoms with van der Waals surface area (Å²) in [5.41, 5.74) is 0.0756. The maximum Gasteiger partial charge on any atom is 0.385 e. The molecule has 1 aromatic rings. The van der Waals surface area contributed by atoms with Crippen LogP contribution in [0.25, 0.3) is 5.76 Å². The Labute approximate surface area is 89.8 Å². The van der Waals surface area contributed by atoms with Gasteiger partial charge >= 0.3 is 11.9 Å². The predicted molar refractivity (Wildman–Crippen MR) is 50.8 cm³/mol. The molecule has 1 aliphatic rings. The first-order valence-corrected chi connectivity index (χ1v) is 4.37. The van der Waals surface area contributed by atoms with Crippen LogP contribution in [0, 0.1) is 0 Å². The number of rotatable bonds is 2. The lowest BCUT2D eigenvalue weighted by Gasteiger charge is -1.99. The van der Waals surface area contributed by atoms with Crippen molar-refractivity contribution < 1.29 is 23.9 Å². The summed E-state index contributed by atoms with van der Waals surface area (Å²) in [4.78, 5) is 36.5. The SMILES string of the molecule is COC(=O)C1=C(c2cc[nH]c2)OC(=O)C1=O. The third-order valence-corrected chi connectivity index (χ3v) is 2.08. The number of H-pyrrole nitrogens is 1. The number of aromatic amines is 1. The number of methoxy groups -OCH3 is 1. The molecule has 0 amide bonds. The molecule has 6 heteroatoms. The Morgan fingerprint density at radius 2 is 2.19 bits per heavy atom. The summed E-state index contributed by atoms with van der Waals surface area (Å²) in [6.45, 7) is 0. The van der Waals surface area contributed by atoms with Crippen molar-refractivity contribution in [1.29, 1.82) is 0 Å². The molecule has 1 aliphatic heterocycles. The third kappa shape index (κ3) is 1.40. The van der Waals surface area contributed by atoms with E-state index in [1.54, 1.807) is 12.3 Å². The first-order valence-electron chi connectivity index (χ1n) is 4.37. The molecule has 6 nitrogen and oxygen atoms in total. The number of cyclic esters (lactones) is 1. The van der Waals surface area contributed by atoms with E-state index in [0.29, 0.717) is 5.56 Å². The van der Waals surface area contributed by atoms with Crippen molar-refractivity contribution in [3.8, 4) is 0 Å². The van der Waals surface area contributed by atoms with Crippen molar-refractivity contribution in [2.75, 3.05) is 7.11 Å². The first-order chi connectivity index (χ1) is 7.65. The second-order valence-electron chi connectivity index (χ2n) is 3.01. The van der Waals surface area contributed by atoms with Gasteiger partial charge in [0, 0.05) is 18.0 Å². The highest BCUT2D eigenvalue weighted by molar-refractivity contribution is 6.51. The van der Waals surface area contributed by atoms with Crippen LogP contribution in [0.4, 0.5) is 0 Å². The van der Waals surface area contributed by atoms with Crippen molar-refractivity contribution in [3.63, 3.8) is 0 Å². The average Bonchev–Trinajstić information content (AvgIpc) is 2.87. The van der Waals surface area contributed by atoms with Crippen molar-refractivity contribution in [3.05, 3.63) is 29.6 Å². The molecule has 0 saturated heterocycles. The Balaban J connectivity index is 2.53. The second kappa shape index (κ2) is 3.65. The van der Waals surface area contributed by atoms with Gasteiger partial charge in [0.15, 0.2) is 11.3 Å². The Hall–Kier alpha value is -2.37. The molecule has 82 valence electrons. The molecule has 2 rings (SSSR count). The van der Waals surface area contributed by atoms with Gasteiger partial charge in [-0.05, 0) is 6.07 Å². The standard InChI is InChI=1S/C10H7NO5/c1-15-9(13)6-7(12)10(14)16-8(6)5-2-3-11-4-5/h2-4,11H,1H3. The van der Waals surface area contributed by atoms with E-state index in [0.717, 1.165) is 7.11 Å². The number of carbonyl (C=O) groups is 3. The number of ketones is 1. The molecule has 0 radical (unpaired) electrons. The van der Waals surface area contributed by atoms with Gasteiger partial charge in [-0.15, -0.1) is 0 Å². The highest BCUT2D eigenvalue weighted by atomic mass is 16.6. The van der Waals surface area contributed by atoms with Crippen molar-refractivity contribution in [2.24, 2.45) is 0 Å². The minimum Gasteiger partial charge on any atom is -0.465 e. The minimum absolute atomic E-state index is 0.0666. The molecule has 16 heavy (non-hydrogen) atoms. The van der Waals surface area contributed by atoms with Gasteiger partial charge in [0.1, 0.15) is 0 Å². The van der Waals surface area contributed by atoms with Crippen LogP contribution in [0.5, 0.6) is 0 Å². The quantitative estimate of drug-likeness (QED) is 0.432. The van der Waals surface area contributed by atoms with Gasteiger partial charge in [0.2, 0.25) is 0 Å². The summed E-state index contributed by atoms with van der Waals surface area (Å²) in [6.07, 6.45) is 3.08. The van der Waals surface area contributed by atoms with E-state index in [1.807, 2.05) is 0 Å². The van der Waals surface area contributed by atoms with Gasteiger partial charge in [-0.3, -0.25) is 4.79 Å². The minimum atomic E-state index is -1.07. The molecule has 0 bridgehead atoms. The number of ether oxygens (including phenoxy) is 2. The van der Waals surface area contributed by atoms with Crippen molar-refractivity contribution >= 4 is 23.5 Å². The van der Waals surface area contributed by atoms with Crippen LogP contribution in [0.1, 0.15) is 5.56 Å². The lowest BCUT2D eigenvalue weighted by Crippen LogP contribution is -2.16. The Kier molecular flexibility index (Phi) is 2.32. The van der Waals surface area contributed by atoms with Crippen LogP contribution in [0.15, 0.2) is 24.0 Å². The number of hydrogen-bond acceptors (Lipinski definition) is 5. The monoisotopic (exact) mass is 221 g/mol. The summed E-state index contributed by atoms with van der Waals surface area (Å²) in [5, 5.41) is 0. The van der Waals surface area contributed by atoms with Crippen LogP contribution in [-0.4, -0.2) is 29.8 Å². The second-order valence-corrected chi connectivity index (χ2v) is 3.01. The molecular formula is C10H7NO5. The number of esters is 2. The summed E-state index contributed by atoms with van der Waals surface area (Å²) < 4.78 is 9.15. The molecule has 1 aromatic heterocycles. The van der Waals surface area contributed by atoms with Crippen LogP contribution < -0.4 is 0 Å². The van der Waals surface area contributed by atoms with E-state index >= 15 is 0 Å². The average molecular weight is 221 g/mol. The fourth-order valence-electron chi connectivity index (χ4n) is 1.35. The van der Waals surface area contributed by atoms with Crippen LogP contribution >= 0.6 is 0 Å². The Bertz CT molecular complexity index is 497. The first kappa shape index (κ1) is 10.2. The fraction of sp³-hybridized carbons (Fsp3) is 0.100. The van der Waals surface area contributed by atoms with Gasteiger partial charge in [0.25, 0.3) is 5.78 Å². The Morgan fingerprint density at radius 1 is 1.44 bits per heavy atom. The number of aromatic nitrogens is 1. The zero-order valence-corrected chi connectivity index (χ0v) is 8.27. The van der Waals surface area contributed by atoms with Crippen LogP contribution in [0.2, 0.25) is 0 Å². The van der Waals surface area contributed by atoms with E-state index in [1.165, 1.54) is 6.20 Å². The highest BCUT2D eigenvalue weighted by Crippen LogP contribution is 2.27. The number of Topliss-reactive ketones (excluding diaryl/α,β-unsaturated/α-hetero) is 1. The van der Waals surface area contributed by atoms with Gasteiger partial charge in [0.05, 0.1) is 7.11 Å². The predicted octanol–water partition coefficient (Wildman–Crippen LogP) is 0.0247. The van der Waals surface area contributed by atoms with Crippen LogP contribution in [0.3, 0.4) is 0 Å². The van der Waals surface area contributed by atoms with Crippen LogP contribution in [-0.2, 0) is 23.9 Å². The molecule has 0 atom stereocenters. The normalized spacial score (nSPS) is 15.3. The lowest BCUT2D eigenvalue weighted by atomic mass is 10.1. The fourth-order valence-corrected chi connectivity index (χ4v) is 1.35. The molecule has 0 unspecified atom stereocenters. The van der Waals surface area contributed by atoms with E-state index in [-0.39, 0.29) is 11.3 Å². The highest BCUT2D eigenvalue weighted by Gasteiger charge is 2.39. The summed E-state index contributed by atoms with van der Waals surface area (Å²) in [6, 6.07) is 1.57. The molecule has 0 aromatic carbocycles. The Morgan fingerprint density at radius 3 is 2.75 bits per heavy atom. The number of carbonyl (C=O) groups excluding carboxylic acids is 3. The van der Waals surface area contributed by atoms with E-state index in [2.05, 4.69) is 9.72 Å². The lowest BCUT2D eigenvalue weighted by molar-refractivity contribution is -0.146. The van der Waals surface area contributed by atoms with Crippen molar-refractivity contribution in [1.82, 2.24) is 4.98 Å². The molecule has 1 N–H and O–H groups in total.